The summed E-state index contributed by atoms with van der Waals surface area (Å²) in [6.07, 6.45) is 0. The Morgan fingerprint density at radius 3 is 2.25 bits per heavy atom. The fraction of sp³-hybridized carbons (Fsp3) is 0. The summed E-state index contributed by atoms with van der Waals surface area (Å²) in [5, 5.41) is 0. The van der Waals surface area contributed by atoms with Crippen LogP contribution in [-0.4, -0.2) is 8.76 Å². The monoisotopic (exact) mass is 236 g/mol. The fourth-order valence-corrected chi connectivity index (χ4v) is 2.06. The minimum absolute atomic E-state index is 0.327. The normalized spacial score (nSPS) is 12.4. The third-order valence-corrected chi connectivity index (χ3v) is 2.96. The van der Waals surface area contributed by atoms with Crippen LogP contribution >= 0.6 is 0 Å². The highest BCUT2D eigenvalue weighted by molar-refractivity contribution is 7.79. The molecule has 0 amide bonds. The molecule has 0 radical (unpaired) electrons. The van der Waals surface area contributed by atoms with Crippen LogP contribution in [-0.2, 0) is 11.1 Å². The van der Waals surface area contributed by atoms with Crippen LogP contribution < -0.4 is 0 Å². The Hall–Kier alpha value is -1.52. The average molecular weight is 236 g/mol. The van der Waals surface area contributed by atoms with E-state index in [2.05, 4.69) is 0 Å². The minimum Gasteiger partial charge on any atom is -0.302 e. The first-order valence-electron chi connectivity index (χ1n) is 4.64. The number of halogens is 1. The molecule has 1 unspecified atom stereocenters. The molecule has 0 aliphatic rings. The molecule has 0 saturated carbocycles. The summed E-state index contributed by atoms with van der Waals surface area (Å²) in [4.78, 5) is 0.328. The van der Waals surface area contributed by atoms with E-state index in [9.17, 15) is 8.60 Å². The second kappa shape index (κ2) is 4.55. The van der Waals surface area contributed by atoms with Crippen molar-refractivity contribution in [3.63, 3.8) is 0 Å². The third-order valence-electron chi connectivity index (χ3n) is 2.23. The molecule has 1 N–H and O–H groups in total. The first-order valence-corrected chi connectivity index (χ1v) is 5.75. The zero-order valence-corrected chi connectivity index (χ0v) is 9.08. The van der Waals surface area contributed by atoms with Crippen LogP contribution in [0.3, 0.4) is 0 Å². The highest BCUT2D eigenvalue weighted by Crippen LogP contribution is 2.25. The molecular weight excluding hydrogens is 227 g/mol. The van der Waals surface area contributed by atoms with Gasteiger partial charge in [0.25, 0.3) is 0 Å². The average Bonchev–Trinajstić information content (AvgIpc) is 2.30. The van der Waals surface area contributed by atoms with Crippen molar-refractivity contribution in [1.82, 2.24) is 0 Å². The zero-order chi connectivity index (χ0) is 11.5. The van der Waals surface area contributed by atoms with E-state index >= 15 is 0 Å². The molecular formula is C12H9FO2S. The summed E-state index contributed by atoms with van der Waals surface area (Å²) in [6, 6.07) is 12.6. The van der Waals surface area contributed by atoms with Gasteiger partial charge in [-0.25, -0.2) is 8.60 Å². The first-order chi connectivity index (χ1) is 7.68. The molecule has 2 aromatic rings. The van der Waals surface area contributed by atoms with Crippen molar-refractivity contribution in [2.45, 2.75) is 4.90 Å². The van der Waals surface area contributed by atoms with E-state index < -0.39 is 11.1 Å². The van der Waals surface area contributed by atoms with E-state index in [4.69, 9.17) is 4.55 Å². The van der Waals surface area contributed by atoms with Crippen LogP contribution in [0.2, 0.25) is 0 Å². The molecule has 0 fully saturated rings. The highest BCUT2D eigenvalue weighted by atomic mass is 32.2. The molecule has 0 aliphatic carbocycles. The van der Waals surface area contributed by atoms with Gasteiger partial charge in [-0.1, -0.05) is 30.3 Å². The van der Waals surface area contributed by atoms with Gasteiger partial charge in [0, 0.05) is 5.56 Å². The maximum Gasteiger partial charge on any atom is 0.187 e. The lowest BCUT2D eigenvalue weighted by atomic mass is 10.1. The van der Waals surface area contributed by atoms with Crippen molar-refractivity contribution in [3.05, 3.63) is 54.3 Å². The minimum atomic E-state index is -2.04. The third kappa shape index (κ3) is 2.18. The lowest BCUT2D eigenvalue weighted by molar-refractivity contribution is 0.564. The summed E-state index contributed by atoms with van der Waals surface area (Å²) in [5.41, 5.74) is 1.36. The molecule has 0 saturated heterocycles. The van der Waals surface area contributed by atoms with Crippen LogP contribution in [0, 0.1) is 5.82 Å². The summed E-state index contributed by atoms with van der Waals surface area (Å²) in [5.74, 6) is -0.327. The summed E-state index contributed by atoms with van der Waals surface area (Å²) in [6.45, 7) is 0. The quantitative estimate of drug-likeness (QED) is 0.813. The molecule has 0 bridgehead atoms. The van der Waals surface area contributed by atoms with Gasteiger partial charge >= 0.3 is 0 Å². The Bertz CT molecular complexity index is 523. The van der Waals surface area contributed by atoms with E-state index in [0.29, 0.717) is 10.5 Å². The van der Waals surface area contributed by atoms with Gasteiger partial charge in [-0.05, 0) is 23.8 Å². The molecule has 4 heteroatoms. The Labute approximate surface area is 95.0 Å². The van der Waals surface area contributed by atoms with Gasteiger partial charge in [0.2, 0.25) is 0 Å². The highest BCUT2D eigenvalue weighted by Gasteiger charge is 2.08. The van der Waals surface area contributed by atoms with Gasteiger partial charge in [0.15, 0.2) is 11.1 Å². The van der Waals surface area contributed by atoms with E-state index in [1.54, 1.807) is 36.4 Å². The van der Waals surface area contributed by atoms with E-state index in [1.807, 2.05) is 0 Å². The lowest BCUT2D eigenvalue weighted by Gasteiger charge is -2.05. The van der Waals surface area contributed by atoms with Crippen molar-refractivity contribution >= 4 is 11.1 Å². The fourth-order valence-electron chi connectivity index (χ4n) is 1.49. The van der Waals surface area contributed by atoms with E-state index in [1.165, 1.54) is 12.1 Å². The Morgan fingerprint density at radius 2 is 1.62 bits per heavy atom. The van der Waals surface area contributed by atoms with E-state index in [0.717, 1.165) is 5.56 Å². The van der Waals surface area contributed by atoms with Gasteiger partial charge in [0.05, 0.1) is 4.90 Å². The van der Waals surface area contributed by atoms with Gasteiger partial charge in [-0.2, -0.15) is 0 Å². The Balaban J connectivity index is 2.55. The predicted octanol–water partition coefficient (Wildman–Crippen LogP) is 3.07. The van der Waals surface area contributed by atoms with Crippen molar-refractivity contribution in [2.24, 2.45) is 0 Å². The van der Waals surface area contributed by atoms with E-state index in [-0.39, 0.29) is 5.82 Å². The maximum atomic E-state index is 12.8. The maximum absolute atomic E-state index is 12.8. The summed E-state index contributed by atoms with van der Waals surface area (Å²) in [7, 11) is 0. The van der Waals surface area contributed by atoms with Crippen LogP contribution in [0.25, 0.3) is 11.1 Å². The Kier molecular flexibility index (Phi) is 3.12. The number of rotatable bonds is 2. The molecule has 2 aromatic carbocycles. The molecule has 0 aromatic heterocycles. The van der Waals surface area contributed by atoms with Gasteiger partial charge < -0.3 is 4.55 Å². The van der Waals surface area contributed by atoms with Crippen molar-refractivity contribution in [3.8, 4) is 11.1 Å². The summed E-state index contributed by atoms with van der Waals surface area (Å²) >= 11 is -2.04. The number of hydrogen-bond acceptors (Lipinski definition) is 1. The summed E-state index contributed by atoms with van der Waals surface area (Å²) < 4.78 is 33.0. The topological polar surface area (TPSA) is 37.3 Å². The smallest absolute Gasteiger partial charge is 0.187 e. The van der Waals surface area contributed by atoms with Gasteiger partial charge in [-0.3, -0.25) is 0 Å². The second-order valence-electron chi connectivity index (χ2n) is 3.25. The molecule has 1 atom stereocenters. The van der Waals surface area contributed by atoms with Crippen LogP contribution in [0.4, 0.5) is 4.39 Å². The van der Waals surface area contributed by atoms with Gasteiger partial charge in [-0.15, -0.1) is 0 Å². The van der Waals surface area contributed by atoms with Crippen molar-refractivity contribution in [1.29, 1.82) is 0 Å². The molecule has 0 aliphatic heterocycles. The molecule has 82 valence electrons. The second-order valence-corrected chi connectivity index (χ2v) is 4.19. The van der Waals surface area contributed by atoms with Crippen molar-refractivity contribution in [2.75, 3.05) is 0 Å². The van der Waals surface area contributed by atoms with Crippen LogP contribution in [0.1, 0.15) is 0 Å². The van der Waals surface area contributed by atoms with Crippen LogP contribution in [0.15, 0.2) is 53.4 Å². The first kappa shape index (κ1) is 11.0. The zero-order valence-electron chi connectivity index (χ0n) is 8.26. The SMILES string of the molecule is O=S(O)c1ccccc1-c1ccc(F)cc1. The lowest BCUT2D eigenvalue weighted by Crippen LogP contribution is -1.92. The molecule has 0 spiro atoms. The number of benzene rings is 2. The standard InChI is InChI=1S/C12H9FO2S/c13-10-7-5-9(6-8-10)11-3-1-2-4-12(11)16(14)15/h1-8H,(H,14,15). The molecule has 0 heterocycles. The largest absolute Gasteiger partial charge is 0.302 e. The predicted molar refractivity (Wildman–Crippen MR) is 60.9 cm³/mol. The van der Waals surface area contributed by atoms with Gasteiger partial charge in [0.1, 0.15) is 5.82 Å². The van der Waals surface area contributed by atoms with Crippen LogP contribution in [0.5, 0.6) is 0 Å². The molecule has 2 rings (SSSR count). The molecule has 2 nitrogen and oxygen atoms in total. The number of hydrogen-bond donors (Lipinski definition) is 1. The Morgan fingerprint density at radius 1 is 1.00 bits per heavy atom. The van der Waals surface area contributed by atoms with Crippen molar-refractivity contribution < 1.29 is 13.2 Å². The molecule has 16 heavy (non-hydrogen) atoms.